The number of nitrogens with zero attached hydrogens (tertiary/aromatic N) is 4. The molecule has 2 aromatic heterocycles. The van der Waals surface area contributed by atoms with Crippen molar-refractivity contribution in [2.45, 2.75) is 6.18 Å². The zero-order valence-corrected chi connectivity index (χ0v) is 10.5. The van der Waals surface area contributed by atoms with Gasteiger partial charge >= 0.3 is 6.18 Å². The highest BCUT2D eigenvalue weighted by molar-refractivity contribution is 6.29. The van der Waals surface area contributed by atoms with Crippen LogP contribution in [0.25, 0.3) is 17.0 Å². The van der Waals surface area contributed by atoms with Crippen molar-refractivity contribution in [2.75, 3.05) is 0 Å². The van der Waals surface area contributed by atoms with Crippen LogP contribution in [0.3, 0.4) is 0 Å². The number of benzene rings is 1. The maximum absolute atomic E-state index is 13.0. The standard InChI is InChI=1S/C12H6ClF3N4/c13-9-5-10-18-19-11(20(10)6-17-9)7-3-1-2-4-8(7)12(14,15)16/h1-6H. The number of hydrogen-bond donors (Lipinski definition) is 0. The van der Waals surface area contributed by atoms with Crippen molar-refractivity contribution in [3.63, 3.8) is 0 Å². The van der Waals surface area contributed by atoms with Gasteiger partial charge in [-0.1, -0.05) is 29.8 Å². The minimum absolute atomic E-state index is 0.0587. The maximum atomic E-state index is 13.0. The van der Waals surface area contributed by atoms with E-state index in [1.54, 1.807) is 0 Å². The molecule has 4 nitrogen and oxygen atoms in total. The van der Waals surface area contributed by atoms with Gasteiger partial charge in [0.2, 0.25) is 0 Å². The van der Waals surface area contributed by atoms with Crippen molar-refractivity contribution in [3.05, 3.63) is 47.4 Å². The third-order valence-electron chi connectivity index (χ3n) is 2.74. The molecule has 0 unspecified atom stereocenters. The van der Waals surface area contributed by atoms with Crippen LogP contribution in [0.15, 0.2) is 36.7 Å². The summed E-state index contributed by atoms with van der Waals surface area (Å²) >= 11 is 5.71. The van der Waals surface area contributed by atoms with Crippen LogP contribution in [-0.2, 0) is 6.18 Å². The lowest BCUT2D eigenvalue weighted by molar-refractivity contribution is -0.137. The van der Waals surface area contributed by atoms with Gasteiger partial charge in [0.25, 0.3) is 0 Å². The molecule has 102 valence electrons. The first kappa shape index (κ1) is 12.9. The lowest BCUT2D eigenvalue weighted by Gasteiger charge is -2.11. The van der Waals surface area contributed by atoms with E-state index in [0.29, 0.717) is 5.65 Å². The van der Waals surface area contributed by atoms with Crippen molar-refractivity contribution in [1.82, 2.24) is 19.6 Å². The van der Waals surface area contributed by atoms with Gasteiger partial charge in [0.15, 0.2) is 11.5 Å². The highest BCUT2D eigenvalue weighted by Gasteiger charge is 2.34. The molecule has 8 heteroatoms. The molecule has 0 bridgehead atoms. The topological polar surface area (TPSA) is 43.1 Å². The van der Waals surface area contributed by atoms with Crippen LogP contribution >= 0.6 is 11.6 Å². The first-order chi connectivity index (χ1) is 9.47. The molecule has 0 amide bonds. The predicted octanol–water partition coefficient (Wildman–Crippen LogP) is 3.46. The summed E-state index contributed by atoms with van der Waals surface area (Å²) in [6.45, 7) is 0. The summed E-state index contributed by atoms with van der Waals surface area (Å²) in [6.07, 6.45) is -3.18. The van der Waals surface area contributed by atoms with Gasteiger partial charge in [-0.3, -0.25) is 4.40 Å². The van der Waals surface area contributed by atoms with Gasteiger partial charge in [-0.25, -0.2) is 4.98 Å². The van der Waals surface area contributed by atoms with Gasteiger partial charge in [0.05, 0.1) is 5.56 Å². The molecule has 0 saturated heterocycles. The smallest absolute Gasteiger partial charge is 0.265 e. The Morgan fingerprint density at radius 2 is 1.85 bits per heavy atom. The number of fused-ring (bicyclic) bond motifs is 1. The van der Waals surface area contributed by atoms with Crippen molar-refractivity contribution >= 4 is 17.2 Å². The van der Waals surface area contributed by atoms with Crippen LogP contribution in [0.4, 0.5) is 13.2 Å². The van der Waals surface area contributed by atoms with E-state index in [0.717, 1.165) is 6.07 Å². The molecule has 1 aromatic carbocycles. The number of rotatable bonds is 1. The lowest BCUT2D eigenvalue weighted by Crippen LogP contribution is -2.08. The molecule has 20 heavy (non-hydrogen) atoms. The fourth-order valence-electron chi connectivity index (χ4n) is 1.88. The van der Waals surface area contributed by atoms with Gasteiger partial charge in [0.1, 0.15) is 11.5 Å². The maximum Gasteiger partial charge on any atom is 0.417 e. The fraction of sp³-hybridized carbons (Fsp3) is 0.0833. The molecular formula is C12H6ClF3N4. The molecule has 3 aromatic rings. The Hall–Kier alpha value is -2.15. The first-order valence-electron chi connectivity index (χ1n) is 5.50. The Balaban J connectivity index is 2.27. The van der Waals surface area contributed by atoms with Crippen LogP contribution in [-0.4, -0.2) is 19.6 Å². The summed E-state index contributed by atoms with van der Waals surface area (Å²) in [7, 11) is 0. The van der Waals surface area contributed by atoms with Gasteiger partial charge in [-0.2, -0.15) is 13.2 Å². The van der Waals surface area contributed by atoms with E-state index in [2.05, 4.69) is 15.2 Å². The van der Waals surface area contributed by atoms with Gasteiger partial charge in [-0.15, -0.1) is 10.2 Å². The summed E-state index contributed by atoms with van der Waals surface area (Å²) in [5.41, 5.74) is -0.502. The molecular weight excluding hydrogens is 293 g/mol. The quantitative estimate of drug-likeness (QED) is 0.646. The summed E-state index contributed by atoms with van der Waals surface area (Å²) in [6, 6.07) is 6.60. The zero-order chi connectivity index (χ0) is 14.3. The molecule has 2 heterocycles. The molecule has 0 atom stereocenters. The summed E-state index contributed by atoms with van der Waals surface area (Å²) < 4.78 is 40.4. The normalized spacial score (nSPS) is 12.0. The monoisotopic (exact) mass is 298 g/mol. The van der Waals surface area contributed by atoms with E-state index in [1.807, 2.05) is 0 Å². The molecule has 0 spiro atoms. The van der Waals surface area contributed by atoms with E-state index in [1.165, 1.54) is 35.0 Å². The second kappa shape index (κ2) is 4.45. The second-order valence-electron chi connectivity index (χ2n) is 4.01. The third-order valence-corrected chi connectivity index (χ3v) is 2.95. The molecule has 0 aliphatic carbocycles. The molecule has 3 rings (SSSR count). The molecule has 0 saturated carbocycles. The number of hydrogen-bond acceptors (Lipinski definition) is 3. The van der Waals surface area contributed by atoms with Crippen molar-refractivity contribution in [2.24, 2.45) is 0 Å². The van der Waals surface area contributed by atoms with Gasteiger partial charge < -0.3 is 0 Å². The summed E-state index contributed by atoms with van der Waals surface area (Å²) in [5.74, 6) is 0.0668. The first-order valence-corrected chi connectivity index (χ1v) is 5.87. The molecule has 0 radical (unpaired) electrons. The van der Waals surface area contributed by atoms with E-state index >= 15 is 0 Å². The minimum Gasteiger partial charge on any atom is -0.265 e. The Morgan fingerprint density at radius 3 is 2.60 bits per heavy atom. The second-order valence-corrected chi connectivity index (χ2v) is 4.39. The van der Waals surface area contributed by atoms with Crippen molar-refractivity contribution < 1.29 is 13.2 Å². The van der Waals surface area contributed by atoms with Crippen molar-refractivity contribution in [3.8, 4) is 11.4 Å². The predicted molar refractivity (Wildman–Crippen MR) is 66.2 cm³/mol. The van der Waals surface area contributed by atoms with E-state index < -0.39 is 11.7 Å². The largest absolute Gasteiger partial charge is 0.417 e. The fourth-order valence-corrected chi connectivity index (χ4v) is 2.02. The average molecular weight is 299 g/mol. The Morgan fingerprint density at radius 1 is 1.10 bits per heavy atom. The van der Waals surface area contributed by atoms with E-state index in [9.17, 15) is 13.2 Å². The van der Waals surface area contributed by atoms with Crippen molar-refractivity contribution in [1.29, 1.82) is 0 Å². The SMILES string of the molecule is FC(F)(F)c1ccccc1-c1nnc2cc(Cl)ncn12. The van der Waals surface area contributed by atoms with Gasteiger partial charge in [-0.05, 0) is 6.07 Å². The van der Waals surface area contributed by atoms with Gasteiger partial charge in [0, 0.05) is 11.6 Å². The third kappa shape index (κ3) is 2.09. The number of aromatic nitrogens is 4. The van der Waals surface area contributed by atoms with Crippen LogP contribution in [0.2, 0.25) is 5.15 Å². The van der Waals surface area contributed by atoms with Crippen LogP contribution in [0.5, 0.6) is 0 Å². The average Bonchev–Trinajstić information content (AvgIpc) is 2.80. The Kier molecular flexibility index (Phi) is 2.86. The Bertz CT molecular complexity index is 782. The molecule has 0 N–H and O–H groups in total. The van der Waals surface area contributed by atoms with E-state index in [4.69, 9.17) is 11.6 Å². The molecule has 0 aliphatic heterocycles. The summed E-state index contributed by atoms with van der Waals surface area (Å²) in [5, 5.41) is 7.79. The van der Waals surface area contributed by atoms with Crippen LogP contribution in [0, 0.1) is 0 Å². The number of halogens is 4. The lowest BCUT2D eigenvalue weighted by atomic mass is 10.1. The Labute approximate surface area is 115 Å². The van der Waals surface area contributed by atoms with E-state index in [-0.39, 0.29) is 16.5 Å². The molecule has 0 aliphatic rings. The minimum atomic E-state index is -4.47. The highest BCUT2D eigenvalue weighted by atomic mass is 35.5. The zero-order valence-electron chi connectivity index (χ0n) is 9.76. The highest BCUT2D eigenvalue weighted by Crippen LogP contribution is 2.36. The number of alkyl halides is 3. The van der Waals surface area contributed by atoms with Crippen LogP contribution < -0.4 is 0 Å². The molecule has 0 fully saturated rings. The van der Waals surface area contributed by atoms with Crippen LogP contribution in [0.1, 0.15) is 5.56 Å². The summed E-state index contributed by atoms with van der Waals surface area (Å²) in [4.78, 5) is 3.82.